The van der Waals surface area contributed by atoms with Crippen molar-refractivity contribution in [3.05, 3.63) is 52.1 Å². The van der Waals surface area contributed by atoms with Crippen molar-refractivity contribution in [2.75, 3.05) is 0 Å². The monoisotopic (exact) mass is 296 g/mol. The predicted molar refractivity (Wildman–Crippen MR) is 87.6 cm³/mol. The van der Waals surface area contributed by atoms with Gasteiger partial charge in [0.25, 0.3) is 5.56 Å². The summed E-state index contributed by atoms with van der Waals surface area (Å²) in [7, 11) is 0. The van der Waals surface area contributed by atoms with Gasteiger partial charge in [-0.3, -0.25) is 4.79 Å². The average molecular weight is 296 g/mol. The number of hydrogen-bond acceptors (Lipinski definition) is 3. The van der Waals surface area contributed by atoms with E-state index >= 15 is 0 Å². The molecule has 2 heterocycles. The quantitative estimate of drug-likeness (QED) is 0.746. The molecular weight excluding hydrogens is 276 g/mol. The molecule has 0 saturated carbocycles. The number of benzene rings is 1. The minimum atomic E-state index is -0.0948. The van der Waals surface area contributed by atoms with Crippen LogP contribution in [0.25, 0.3) is 16.6 Å². The van der Waals surface area contributed by atoms with Crippen molar-refractivity contribution in [1.82, 2.24) is 19.6 Å². The lowest BCUT2D eigenvalue weighted by Crippen LogP contribution is -2.25. The van der Waals surface area contributed by atoms with E-state index in [2.05, 4.69) is 24.0 Å². The van der Waals surface area contributed by atoms with Crippen molar-refractivity contribution in [3.63, 3.8) is 0 Å². The Balaban J connectivity index is 2.42. The van der Waals surface area contributed by atoms with Crippen LogP contribution in [0.1, 0.15) is 37.9 Å². The Bertz CT molecular complexity index is 889. The molecule has 0 radical (unpaired) electrons. The first-order valence-electron chi connectivity index (χ1n) is 7.59. The molecule has 3 aromatic rings. The summed E-state index contributed by atoms with van der Waals surface area (Å²) in [5.74, 6) is 0.232. The van der Waals surface area contributed by atoms with Crippen molar-refractivity contribution < 1.29 is 0 Å². The molecule has 0 fully saturated rings. The third-order valence-electron chi connectivity index (χ3n) is 3.90. The Morgan fingerprint density at radius 1 is 1.23 bits per heavy atom. The Morgan fingerprint density at radius 3 is 2.59 bits per heavy atom. The molecule has 0 aliphatic rings. The van der Waals surface area contributed by atoms with Gasteiger partial charge in [0.2, 0.25) is 0 Å². The summed E-state index contributed by atoms with van der Waals surface area (Å²) < 4.78 is 3.26. The molecule has 0 amide bonds. The highest BCUT2D eigenvalue weighted by atomic mass is 16.1. The fraction of sp³-hybridized carbons (Fsp3) is 0.353. The van der Waals surface area contributed by atoms with Crippen LogP contribution < -0.4 is 5.56 Å². The lowest BCUT2D eigenvalue weighted by molar-refractivity contribution is 0.593. The first-order chi connectivity index (χ1) is 10.5. The highest BCUT2D eigenvalue weighted by molar-refractivity contribution is 5.82. The van der Waals surface area contributed by atoms with E-state index in [4.69, 9.17) is 0 Å². The van der Waals surface area contributed by atoms with Crippen LogP contribution in [0.4, 0.5) is 0 Å². The first kappa shape index (κ1) is 14.5. The maximum absolute atomic E-state index is 12.7. The summed E-state index contributed by atoms with van der Waals surface area (Å²) in [5, 5.41) is 9.81. The topological polar surface area (TPSA) is 52.7 Å². The zero-order valence-corrected chi connectivity index (χ0v) is 13.4. The molecule has 0 spiro atoms. The summed E-state index contributed by atoms with van der Waals surface area (Å²) in [6, 6.07) is 7.94. The maximum Gasteiger partial charge on any atom is 0.293 e. The van der Waals surface area contributed by atoms with Gasteiger partial charge in [-0.05, 0) is 31.4 Å². The summed E-state index contributed by atoms with van der Waals surface area (Å²) in [4.78, 5) is 12.7. The largest absolute Gasteiger partial charge is 0.293 e. The molecule has 0 aliphatic carbocycles. The molecule has 0 unspecified atom stereocenters. The third-order valence-corrected chi connectivity index (χ3v) is 3.90. The fourth-order valence-electron chi connectivity index (χ4n) is 2.72. The molecule has 3 rings (SSSR count). The summed E-state index contributed by atoms with van der Waals surface area (Å²) in [5.41, 5.74) is 3.44. The number of nitrogens with zero attached hydrogens (tertiary/aromatic N) is 4. The smallest absolute Gasteiger partial charge is 0.265 e. The summed E-state index contributed by atoms with van der Waals surface area (Å²) in [6.07, 6.45) is 1.76. The number of fused-ring (bicyclic) bond motifs is 1. The molecule has 5 heteroatoms. The first-order valence-corrected chi connectivity index (χ1v) is 7.59. The van der Waals surface area contributed by atoms with Crippen molar-refractivity contribution in [2.45, 2.75) is 40.2 Å². The molecule has 2 aromatic heterocycles. The van der Waals surface area contributed by atoms with Gasteiger partial charge in [0, 0.05) is 11.9 Å². The third kappa shape index (κ3) is 2.13. The van der Waals surface area contributed by atoms with E-state index in [1.165, 1.54) is 4.68 Å². The normalized spacial score (nSPS) is 11.5. The molecule has 0 atom stereocenters. The van der Waals surface area contributed by atoms with Crippen molar-refractivity contribution in [2.24, 2.45) is 0 Å². The van der Waals surface area contributed by atoms with Gasteiger partial charge < -0.3 is 0 Å². The summed E-state index contributed by atoms with van der Waals surface area (Å²) >= 11 is 0. The van der Waals surface area contributed by atoms with Gasteiger partial charge >= 0.3 is 0 Å². The second-order valence-electron chi connectivity index (χ2n) is 5.77. The van der Waals surface area contributed by atoms with Crippen LogP contribution in [0, 0.1) is 6.92 Å². The number of para-hydroxylation sites is 1. The molecule has 22 heavy (non-hydrogen) atoms. The molecule has 0 N–H and O–H groups in total. The minimum absolute atomic E-state index is 0.0948. The Labute approximate surface area is 129 Å². The van der Waals surface area contributed by atoms with E-state index in [-0.39, 0.29) is 11.5 Å². The van der Waals surface area contributed by atoms with E-state index < -0.39 is 0 Å². The highest BCUT2D eigenvalue weighted by Crippen LogP contribution is 2.23. The lowest BCUT2D eigenvalue weighted by Gasteiger charge is -2.11. The van der Waals surface area contributed by atoms with Gasteiger partial charge in [-0.15, -0.1) is 0 Å². The number of hydrogen-bond donors (Lipinski definition) is 0. The van der Waals surface area contributed by atoms with Crippen LogP contribution in [0.3, 0.4) is 0 Å². The van der Waals surface area contributed by atoms with Crippen molar-refractivity contribution >= 4 is 10.9 Å². The molecule has 0 bridgehead atoms. The SMILES string of the molecule is CCn1nc(C(C)C)c2cnn(-c3ccccc3C)c2c1=O. The second-order valence-corrected chi connectivity index (χ2v) is 5.77. The minimum Gasteiger partial charge on any atom is -0.265 e. The van der Waals surface area contributed by atoms with Crippen molar-refractivity contribution in [3.8, 4) is 5.69 Å². The molecule has 1 aromatic carbocycles. The number of aryl methyl sites for hydroxylation is 2. The maximum atomic E-state index is 12.7. The van der Waals surface area contributed by atoms with Gasteiger partial charge in [-0.2, -0.15) is 10.2 Å². The van der Waals surface area contributed by atoms with Crippen LogP contribution in [0.15, 0.2) is 35.3 Å². The van der Waals surface area contributed by atoms with Crippen LogP contribution in [0.2, 0.25) is 0 Å². The Hall–Kier alpha value is -2.43. The van der Waals surface area contributed by atoms with E-state index in [1.807, 2.05) is 38.1 Å². The predicted octanol–water partition coefficient (Wildman–Crippen LogP) is 3.03. The second kappa shape index (κ2) is 5.40. The zero-order valence-electron chi connectivity index (χ0n) is 13.4. The van der Waals surface area contributed by atoms with Gasteiger partial charge in [0.1, 0.15) is 5.52 Å². The lowest BCUT2D eigenvalue weighted by atomic mass is 10.1. The Morgan fingerprint density at radius 2 is 1.95 bits per heavy atom. The van der Waals surface area contributed by atoms with Gasteiger partial charge in [-0.25, -0.2) is 9.36 Å². The van der Waals surface area contributed by atoms with E-state index in [9.17, 15) is 4.79 Å². The van der Waals surface area contributed by atoms with E-state index in [1.54, 1.807) is 10.9 Å². The fourth-order valence-corrected chi connectivity index (χ4v) is 2.72. The average Bonchev–Trinajstić information content (AvgIpc) is 2.93. The summed E-state index contributed by atoms with van der Waals surface area (Å²) in [6.45, 7) is 8.66. The van der Waals surface area contributed by atoms with Crippen LogP contribution in [-0.2, 0) is 6.54 Å². The van der Waals surface area contributed by atoms with Crippen LogP contribution in [-0.4, -0.2) is 19.6 Å². The van der Waals surface area contributed by atoms with Crippen molar-refractivity contribution in [1.29, 1.82) is 0 Å². The van der Waals surface area contributed by atoms with Crippen LogP contribution >= 0.6 is 0 Å². The molecule has 0 saturated heterocycles. The highest BCUT2D eigenvalue weighted by Gasteiger charge is 2.18. The van der Waals surface area contributed by atoms with E-state index in [0.29, 0.717) is 12.1 Å². The molecule has 114 valence electrons. The molecule has 0 aliphatic heterocycles. The number of aromatic nitrogens is 4. The molecular formula is C17H20N4O. The zero-order chi connectivity index (χ0) is 15.9. The van der Waals surface area contributed by atoms with Gasteiger partial charge in [0.05, 0.1) is 17.6 Å². The molecule has 5 nitrogen and oxygen atoms in total. The van der Waals surface area contributed by atoms with Crippen LogP contribution in [0.5, 0.6) is 0 Å². The van der Waals surface area contributed by atoms with Gasteiger partial charge in [0.15, 0.2) is 0 Å². The van der Waals surface area contributed by atoms with E-state index in [0.717, 1.165) is 22.3 Å². The standard InChI is InChI=1S/C17H20N4O/c1-5-20-17(22)16-13(15(19-20)11(2)3)10-18-21(16)14-9-7-6-8-12(14)4/h6-11H,5H2,1-4H3. The number of rotatable bonds is 3. The Kier molecular flexibility index (Phi) is 3.56. The van der Waals surface area contributed by atoms with Gasteiger partial charge in [-0.1, -0.05) is 32.0 Å².